The Hall–Kier alpha value is -2.03. The van der Waals surface area contributed by atoms with Crippen molar-refractivity contribution in [3.05, 3.63) is 54.6 Å². The summed E-state index contributed by atoms with van der Waals surface area (Å²) in [6, 6.07) is 6.27. The summed E-state index contributed by atoms with van der Waals surface area (Å²) in [5.41, 5.74) is -1.08. The number of aromatic nitrogens is 2. The average molecular weight is 282 g/mol. The molecule has 1 heterocycles. The SMILES string of the molecule is N#Cc1c(-c2ccc(Cl)c(Cl)c2)[nH]c(=O)[nH]c1=O. The van der Waals surface area contributed by atoms with Crippen molar-refractivity contribution >= 4 is 23.2 Å². The maximum absolute atomic E-state index is 11.5. The molecule has 2 N–H and O–H groups in total. The Morgan fingerprint density at radius 1 is 1.11 bits per heavy atom. The van der Waals surface area contributed by atoms with E-state index in [1.807, 2.05) is 4.98 Å². The fraction of sp³-hybridized carbons (Fsp3) is 0. The highest BCUT2D eigenvalue weighted by Gasteiger charge is 2.12. The van der Waals surface area contributed by atoms with Gasteiger partial charge in [0.1, 0.15) is 11.6 Å². The predicted octanol–water partition coefficient (Wildman–Crippen LogP) is 1.91. The molecule has 90 valence electrons. The molecule has 0 amide bonds. The lowest BCUT2D eigenvalue weighted by Crippen LogP contribution is -2.25. The van der Waals surface area contributed by atoms with E-state index < -0.39 is 11.2 Å². The predicted molar refractivity (Wildman–Crippen MR) is 67.9 cm³/mol. The van der Waals surface area contributed by atoms with Gasteiger partial charge in [0.25, 0.3) is 5.56 Å². The standard InChI is InChI=1S/C11H5Cl2N3O2/c12-7-2-1-5(3-8(7)13)9-6(4-14)10(17)16-11(18)15-9/h1-3H,(H2,15,16,17,18). The first-order valence-electron chi connectivity index (χ1n) is 4.75. The molecule has 0 saturated heterocycles. The zero-order valence-electron chi connectivity index (χ0n) is 8.75. The van der Waals surface area contributed by atoms with Crippen molar-refractivity contribution in [2.75, 3.05) is 0 Å². The van der Waals surface area contributed by atoms with E-state index in [2.05, 4.69) is 4.98 Å². The molecular formula is C11H5Cl2N3O2. The van der Waals surface area contributed by atoms with Gasteiger partial charge in [0.15, 0.2) is 0 Å². The van der Waals surface area contributed by atoms with Crippen LogP contribution in [0.25, 0.3) is 11.3 Å². The second-order valence-electron chi connectivity index (χ2n) is 3.40. The number of nitrogens with one attached hydrogen (secondary N) is 2. The number of halogens is 2. The summed E-state index contributed by atoms with van der Waals surface area (Å²) in [5.74, 6) is 0. The molecule has 0 radical (unpaired) electrons. The van der Waals surface area contributed by atoms with E-state index >= 15 is 0 Å². The monoisotopic (exact) mass is 281 g/mol. The number of aromatic amines is 2. The summed E-state index contributed by atoms with van der Waals surface area (Å²) >= 11 is 11.6. The van der Waals surface area contributed by atoms with Gasteiger partial charge >= 0.3 is 5.69 Å². The van der Waals surface area contributed by atoms with Gasteiger partial charge < -0.3 is 4.98 Å². The molecule has 5 nitrogen and oxygen atoms in total. The van der Waals surface area contributed by atoms with Crippen molar-refractivity contribution in [3.8, 4) is 17.3 Å². The van der Waals surface area contributed by atoms with Gasteiger partial charge in [-0.1, -0.05) is 29.3 Å². The van der Waals surface area contributed by atoms with Crippen LogP contribution in [0.5, 0.6) is 0 Å². The fourth-order valence-corrected chi connectivity index (χ4v) is 1.76. The van der Waals surface area contributed by atoms with Gasteiger partial charge in [0, 0.05) is 5.56 Å². The number of nitrogens with zero attached hydrogens (tertiary/aromatic N) is 1. The van der Waals surface area contributed by atoms with Crippen molar-refractivity contribution in [2.45, 2.75) is 0 Å². The molecule has 0 aliphatic rings. The van der Waals surface area contributed by atoms with Crippen LogP contribution in [-0.4, -0.2) is 9.97 Å². The maximum Gasteiger partial charge on any atom is 0.326 e. The molecular weight excluding hydrogens is 277 g/mol. The molecule has 1 aromatic heterocycles. The zero-order valence-corrected chi connectivity index (χ0v) is 10.3. The Balaban J connectivity index is 2.79. The van der Waals surface area contributed by atoms with Gasteiger partial charge in [-0.2, -0.15) is 5.26 Å². The highest BCUT2D eigenvalue weighted by atomic mass is 35.5. The zero-order chi connectivity index (χ0) is 13.3. The molecule has 2 aromatic rings. The molecule has 1 aromatic carbocycles. The first-order valence-corrected chi connectivity index (χ1v) is 5.50. The van der Waals surface area contributed by atoms with E-state index in [-0.39, 0.29) is 16.3 Å². The van der Waals surface area contributed by atoms with Crippen molar-refractivity contribution in [2.24, 2.45) is 0 Å². The molecule has 0 saturated carbocycles. The van der Waals surface area contributed by atoms with Crippen LogP contribution < -0.4 is 11.2 Å². The summed E-state index contributed by atoms with van der Waals surface area (Å²) in [6.45, 7) is 0. The van der Waals surface area contributed by atoms with E-state index in [0.717, 1.165) is 0 Å². The number of hydrogen-bond donors (Lipinski definition) is 2. The number of H-pyrrole nitrogens is 2. The molecule has 18 heavy (non-hydrogen) atoms. The molecule has 0 atom stereocenters. The highest BCUT2D eigenvalue weighted by Crippen LogP contribution is 2.27. The minimum atomic E-state index is -0.748. The molecule has 0 aliphatic carbocycles. The Bertz CT molecular complexity index is 771. The molecule has 0 bridgehead atoms. The fourth-order valence-electron chi connectivity index (χ4n) is 1.46. The minimum absolute atomic E-state index is 0.116. The minimum Gasteiger partial charge on any atom is -0.306 e. The quantitative estimate of drug-likeness (QED) is 0.837. The third kappa shape index (κ3) is 2.16. The summed E-state index contributed by atoms with van der Waals surface area (Å²) in [6.07, 6.45) is 0. The van der Waals surface area contributed by atoms with E-state index in [0.29, 0.717) is 10.6 Å². The van der Waals surface area contributed by atoms with Crippen LogP contribution in [-0.2, 0) is 0 Å². The summed E-state index contributed by atoms with van der Waals surface area (Å²) < 4.78 is 0. The third-order valence-corrected chi connectivity index (χ3v) is 3.00. The second-order valence-corrected chi connectivity index (χ2v) is 4.21. The summed E-state index contributed by atoms with van der Waals surface area (Å²) in [7, 11) is 0. The normalized spacial score (nSPS) is 10.1. The van der Waals surface area contributed by atoms with E-state index in [1.54, 1.807) is 12.1 Å². The van der Waals surface area contributed by atoms with E-state index in [9.17, 15) is 9.59 Å². The van der Waals surface area contributed by atoms with Crippen molar-refractivity contribution < 1.29 is 0 Å². The van der Waals surface area contributed by atoms with Crippen LogP contribution in [0.4, 0.5) is 0 Å². The van der Waals surface area contributed by atoms with Crippen LogP contribution in [0.2, 0.25) is 10.0 Å². The topological polar surface area (TPSA) is 89.5 Å². The van der Waals surface area contributed by atoms with E-state index in [1.165, 1.54) is 12.1 Å². The molecule has 2 rings (SSSR count). The van der Waals surface area contributed by atoms with Gasteiger partial charge in [-0.15, -0.1) is 0 Å². The number of benzene rings is 1. The Labute approximate surface area is 111 Å². The molecule has 0 fully saturated rings. The average Bonchev–Trinajstić information content (AvgIpc) is 2.32. The van der Waals surface area contributed by atoms with Crippen molar-refractivity contribution in [1.29, 1.82) is 5.26 Å². The Morgan fingerprint density at radius 2 is 1.83 bits per heavy atom. The largest absolute Gasteiger partial charge is 0.326 e. The van der Waals surface area contributed by atoms with Crippen LogP contribution in [0.1, 0.15) is 5.56 Å². The van der Waals surface area contributed by atoms with Gasteiger partial charge in [-0.05, 0) is 12.1 Å². The van der Waals surface area contributed by atoms with Gasteiger partial charge in [-0.25, -0.2) is 4.79 Å². The van der Waals surface area contributed by atoms with Crippen LogP contribution >= 0.6 is 23.2 Å². The van der Waals surface area contributed by atoms with Gasteiger partial charge in [0.2, 0.25) is 0 Å². The number of hydrogen-bond acceptors (Lipinski definition) is 3. The molecule has 0 unspecified atom stereocenters. The highest BCUT2D eigenvalue weighted by molar-refractivity contribution is 6.42. The third-order valence-electron chi connectivity index (χ3n) is 2.26. The number of rotatable bonds is 1. The van der Waals surface area contributed by atoms with Crippen LogP contribution in [0, 0.1) is 11.3 Å². The molecule has 0 spiro atoms. The lowest BCUT2D eigenvalue weighted by atomic mass is 10.1. The first kappa shape index (κ1) is 12.4. The number of nitriles is 1. The maximum atomic E-state index is 11.5. The summed E-state index contributed by atoms with van der Waals surface area (Å²) in [4.78, 5) is 27.1. The van der Waals surface area contributed by atoms with E-state index in [4.69, 9.17) is 28.5 Å². The first-order chi connectivity index (χ1) is 8.52. The van der Waals surface area contributed by atoms with Gasteiger partial charge in [-0.3, -0.25) is 9.78 Å². The van der Waals surface area contributed by atoms with Crippen molar-refractivity contribution in [3.63, 3.8) is 0 Å². The summed E-state index contributed by atoms with van der Waals surface area (Å²) in [5, 5.41) is 9.53. The van der Waals surface area contributed by atoms with Crippen LogP contribution in [0.3, 0.4) is 0 Å². The Morgan fingerprint density at radius 3 is 2.44 bits per heavy atom. The Kier molecular flexibility index (Phi) is 3.24. The molecule has 7 heteroatoms. The van der Waals surface area contributed by atoms with Gasteiger partial charge in [0.05, 0.1) is 15.7 Å². The smallest absolute Gasteiger partial charge is 0.306 e. The second kappa shape index (κ2) is 4.69. The lowest BCUT2D eigenvalue weighted by Gasteiger charge is -2.04. The lowest BCUT2D eigenvalue weighted by molar-refractivity contribution is 1.03. The molecule has 0 aliphatic heterocycles. The van der Waals surface area contributed by atoms with Crippen LogP contribution in [0.15, 0.2) is 27.8 Å². The van der Waals surface area contributed by atoms with Crippen molar-refractivity contribution in [1.82, 2.24) is 9.97 Å².